The van der Waals surface area contributed by atoms with Crippen molar-refractivity contribution in [2.45, 2.75) is 52.5 Å². The van der Waals surface area contributed by atoms with Gasteiger partial charge in [-0.2, -0.15) is 5.10 Å². The van der Waals surface area contributed by atoms with Crippen molar-refractivity contribution in [2.24, 2.45) is 0 Å². The summed E-state index contributed by atoms with van der Waals surface area (Å²) < 4.78 is 1.93. The van der Waals surface area contributed by atoms with Crippen molar-refractivity contribution >= 4 is 16.9 Å². The summed E-state index contributed by atoms with van der Waals surface area (Å²) in [5, 5.41) is 5.60. The summed E-state index contributed by atoms with van der Waals surface area (Å²) >= 11 is 0. The normalized spacial score (nSPS) is 13.2. The van der Waals surface area contributed by atoms with Gasteiger partial charge in [-0.3, -0.25) is 0 Å². The first-order valence-corrected chi connectivity index (χ1v) is 6.12. The van der Waals surface area contributed by atoms with Crippen molar-refractivity contribution in [2.75, 3.05) is 5.73 Å². The van der Waals surface area contributed by atoms with E-state index < -0.39 is 0 Å². The van der Waals surface area contributed by atoms with Gasteiger partial charge in [-0.25, -0.2) is 14.6 Å². The topological polar surface area (TPSA) is 69.6 Å². The molecule has 0 aliphatic rings. The van der Waals surface area contributed by atoms with Gasteiger partial charge in [0.2, 0.25) is 0 Å². The van der Waals surface area contributed by atoms with E-state index in [9.17, 15) is 0 Å². The predicted octanol–water partition coefficient (Wildman–Crippen LogP) is 2.46. The first kappa shape index (κ1) is 12.8. The molecule has 2 aromatic heterocycles. The van der Waals surface area contributed by atoms with Crippen LogP contribution in [0.15, 0.2) is 6.33 Å². The van der Waals surface area contributed by atoms with Gasteiger partial charge in [0.15, 0.2) is 5.65 Å². The zero-order chi connectivity index (χ0) is 13.7. The Balaban J connectivity index is 2.89. The minimum absolute atomic E-state index is 0.0897. The largest absolute Gasteiger partial charge is 0.383 e. The van der Waals surface area contributed by atoms with E-state index in [1.54, 1.807) is 0 Å². The lowest BCUT2D eigenvalue weighted by Crippen LogP contribution is -2.24. The molecule has 5 nitrogen and oxygen atoms in total. The Hall–Kier alpha value is -1.65. The molecule has 0 radical (unpaired) electrons. The lowest BCUT2D eigenvalue weighted by Gasteiger charge is -2.20. The van der Waals surface area contributed by atoms with E-state index in [-0.39, 0.29) is 11.0 Å². The summed E-state index contributed by atoms with van der Waals surface area (Å²) in [7, 11) is 0. The van der Waals surface area contributed by atoms with Crippen LogP contribution in [0.25, 0.3) is 11.0 Å². The number of rotatable bonds is 0. The van der Waals surface area contributed by atoms with Gasteiger partial charge in [-0.05, 0) is 20.8 Å². The van der Waals surface area contributed by atoms with Gasteiger partial charge >= 0.3 is 0 Å². The Labute approximate surface area is 107 Å². The fourth-order valence-electron chi connectivity index (χ4n) is 1.97. The number of nitrogens with zero attached hydrogens (tertiary/aromatic N) is 4. The smallest absolute Gasteiger partial charge is 0.164 e. The van der Waals surface area contributed by atoms with E-state index in [1.807, 2.05) is 4.68 Å². The zero-order valence-corrected chi connectivity index (χ0v) is 11.9. The molecule has 0 spiro atoms. The van der Waals surface area contributed by atoms with Crippen LogP contribution in [-0.4, -0.2) is 19.7 Å². The minimum atomic E-state index is -0.136. The van der Waals surface area contributed by atoms with Crippen LogP contribution in [0.4, 0.5) is 5.82 Å². The highest BCUT2D eigenvalue weighted by atomic mass is 15.3. The molecule has 0 aromatic carbocycles. The molecule has 0 unspecified atom stereocenters. The number of nitrogen functional groups attached to an aromatic ring is 1. The molecule has 0 aliphatic carbocycles. The molecule has 0 saturated carbocycles. The van der Waals surface area contributed by atoms with Crippen molar-refractivity contribution in [1.29, 1.82) is 0 Å². The van der Waals surface area contributed by atoms with E-state index in [0.717, 1.165) is 16.7 Å². The third-order valence-electron chi connectivity index (χ3n) is 2.84. The monoisotopic (exact) mass is 247 g/mol. The Morgan fingerprint density at radius 3 is 2.17 bits per heavy atom. The van der Waals surface area contributed by atoms with Crippen molar-refractivity contribution < 1.29 is 0 Å². The lowest BCUT2D eigenvalue weighted by molar-refractivity contribution is 0.357. The van der Waals surface area contributed by atoms with Gasteiger partial charge in [-0.1, -0.05) is 20.8 Å². The molecule has 0 saturated heterocycles. The lowest BCUT2D eigenvalue weighted by atomic mass is 9.90. The highest BCUT2D eigenvalue weighted by Crippen LogP contribution is 2.33. The fraction of sp³-hybridized carbons (Fsp3) is 0.615. The van der Waals surface area contributed by atoms with Crippen molar-refractivity contribution in [1.82, 2.24) is 19.7 Å². The number of hydrogen-bond donors (Lipinski definition) is 1. The Kier molecular flexibility index (Phi) is 2.61. The first-order chi connectivity index (χ1) is 8.12. The van der Waals surface area contributed by atoms with Gasteiger partial charge in [-0.15, -0.1) is 0 Å². The molecular formula is C13H21N5. The van der Waals surface area contributed by atoms with E-state index in [2.05, 4.69) is 51.5 Å². The molecule has 5 heteroatoms. The number of aromatic nitrogens is 4. The average molecular weight is 247 g/mol. The van der Waals surface area contributed by atoms with Gasteiger partial charge in [0.05, 0.1) is 16.6 Å². The van der Waals surface area contributed by atoms with E-state index in [0.29, 0.717) is 5.82 Å². The molecule has 0 aliphatic heterocycles. The van der Waals surface area contributed by atoms with Crippen LogP contribution < -0.4 is 5.73 Å². The molecule has 0 atom stereocenters. The number of anilines is 1. The van der Waals surface area contributed by atoms with Crippen LogP contribution in [0.2, 0.25) is 0 Å². The van der Waals surface area contributed by atoms with Gasteiger partial charge < -0.3 is 5.73 Å². The Bertz CT molecular complexity index is 584. The maximum Gasteiger partial charge on any atom is 0.164 e. The van der Waals surface area contributed by atoms with E-state index >= 15 is 0 Å². The minimum Gasteiger partial charge on any atom is -0.383 e. The van der Waals surface area contributed by atoms with Crippen LogP contribution in [0.1, 0.15) is 47.2 Å². The highest BCUT2D eigenvalue weighted by Gasteiger charge is 2.28. The molecule has 2 N–H and O–H groups in total. The number of nitrogens with two attached hydrogens (primary N) is 1. The van der Waals surface area contributed by atoms with Gasteiger partial charge in [0.25, 0.3) is 0 Å². The molecule has 2 rings (SSSR count). The third kappa shape index (κ3) is 1.94. The first-order valence-electron chi connectivity index (χ1n) is 6.12. The summed E-state index contributed by atoms with van der Waals surface area (Å²) in [6.07, 6.45) is 1.49. The Morgan fingerprint density at radius 1 is 1.06 bits per heavy atom. The van der Waals surface area contributed by atoms with E-state index in [1.165, 1.54) is 6.33 Å². The third-order valence-corrected chi connectivity index (χ3v) is 2.84. The number of fused-ring (bicyclic) bond motifs is 1. The summed E-state index contributed by atoms with van der Waals surface area (Å²) in [5.74, 6) is 0.500. The zero-order valence-electron chi connectivity index (χ0n) is 11.9. The SMILES string of the molecule is CC(C)(C)c1nn(C(C)(C)C)c2ncnc(N)c12. The average Bonchev–Trinajstić information content (AvgIpc) is 2.56. The van der Waals surface area contributed by atoms with Crippen LogP contribution in [0, 0.1) is 0 Å². The molecule has 0 amide bonds. The van der Waals surface area contributed by atoms with Crippen LogP contribution in [0.3, 0.4) is 0 Å². The molecule has 2 heterocycles. The van der Waals surface area contributed by atoms with Crippen molar-refractivity contribution in [3.8, 4) is 0 Å². The van der Waals surface area contributed by atoms with Crippen LogP contribution >= 0.6 is 0 Å². The second-order valence-electron chi connectivity index (χ2n) is 6.64. The standard InChI is InChI=1S/C13H21N5/c1-12(2,3)9-8-10(14)15-7-16-11(8)18(17-9)13(4,5)6/h7H,1-6H3,(H2,14,15,16). The Morgan fingerprint density at radius 2 is 1.67 bits per heavy atom. The fourth-order valence-corrected chi connectivity index (χ4v) is 1.97. The summed E-state index contributed by atoms with van der Waals surface area (Å²) in [4.78, 5) is 8.44. The van der Waals surface area contributed by atoms with Crippen molar-refractivity contribution in [3.63, 3.8) is 0 Å². The quantitative estimate of drug-likeness (QED) is 0.776. The maximum absolute atomic E-state index is 6.01. The van der Waals surface area contributed by atoms with E-state index in [4.69, 9.17) is 10.8 Å². The summed E-state index contributed by atoms with van der Waals surface area (Å²) in [6, 6.07) is 0. The van der Waals surface area contributed by atoms with Gasteiger partial charge in [0, 0.05) is 5.41 Å². The predicted molar refractivity (Wildman–Crippen MR) is 73.4 cm³/mol. The molecular weight excluding hydrogens is 226 g/mol. The molecule has 2 aromatic rings. The summed E-state index contributed by atoms with van der Waals surface area (Å²) in [5.41, 5.74) is 7.53. The second-order valence-corrected chi connectivity index (χ2v) is 6.64. The molecule has 18 heavy (non-hydrogen) atoms. The summed E-state index contributed by atoms with van der Waals surface area (Å²) in [6.45, 7) is 12.7. The highest BCUT2D eigenvalue weighted by molar-refractivity contribution is 5.89. The van der Waals surface area contributed by atoms with Gasteiger partial charge in [0.1, 0.15) is 12.1 Å². The second kappa shape index (κ2) is 3.67. The van der Waals surface area contributed by atoms with Crippen molar-refractivity contribution in [3.05, 3.63) is 12.0 Å². The molecule has 98 valence electrons. The van der Waals surface area contributed by atoms with Crippen LogP contribution in [0.5, 0.6) is 0 Å². The molecule has 0 bridgehead atoms. The molecule has 0 fully saturated rings. The van der Waals surface area contributed by atoms with Crippen LogP contribution in [-0.2, 0) is 11.0 Å². The maximum atomic E-state index is 6.01. The number of hydrogen-bond acceptors (Lipinski definition) is 4.